The van der Waals surface area contributed by atoms with Crippen molar-refractivity contribution in [3.63, 3.8) is 0 Å². The van der Waals surface area contributed by atoms with Crippen molar-refractivity contribution in [1.82, 2.24) is 24.8 Å². The summed E-state index contributed by atoms with van der Waals surface area (Å²) in [5.74, 6) is 1.53. The SMILES string of the molecule is CCN(CC)C(=O)CN1CCN(Cc2nc(-c3cccs3)no2)CC1. The molecule has 1 saturated heterocycles. The lowest BCUT2D eigenvalue weighted by Crippen LogP contribution is -2.49. The first-order valence-corrected chi connectivity index (χ1v) is 9.66. The fourth-order valence-electron chi connectivity index (χ4n) is 2.99. The summed E-state index contributed by atoms with van der Waals surface area (Å²) < 4.78 is 5.37. The average Bonchev–Trinajstić information content (AvgIpc) is 3.29. The molecule has 2 aromatic rings. The van der Waals surface area contributed by atoms with Crippen molar-refractivity contribution in [2.75, 3.05) is 45.8 Å². The normalized spacial score (nSPS) is 16.2. The third-order valence-electron chi connectivity index (χ3n) is 4.51. The number of hydrogen-bond acceptors (Lipinski definition) is 7. The van der Waals surface area contributed by atoms with Crippen LogP contribution in [-0.4, -0.2) is 76.6 Å². The molecule has 8 heteroatoms. The number of amides is 1. The van der Waals surface area contributed by atoms with Crippen LogP contribution in [0, 0.1) is 0 Å². The van der Waals surface area contributed by atoms with Crippen LogP contribution >= 0.6 is 11.3 Å². The third kappa shape index (κ3) is 4.65. The number of carbonyl (C=O) groups is 1. The first-order valence-electron chi connectivity index (χ1n) is 8.78. The van der Waals surface area contributed by atoms with Crippen molar-refractivity contribution < 1.29 is 9.32 Å². The molecule has 0 saturated carbocycles. The molecule has 1 fully saturated rings. The molecule has 0 unspecified atom stereocenters. The van der Waals surface area contributed by atoms with E-state index >= 15 is 0 Å². The lowest BCUT2D eigenvalue weighted by atomic mass is 10.3. The zero-order valence-corrected chi connectivity index (χ0v) is 15.7. The highest BCUT2D eigenvalue weighted by Crippen LogP contribution is 2.21. The number of rotatable bonds is 7. The van der Waals surface area contributed by atoms with Crippen LogP contribution in [0.3, 0.4) is 0 Å². The maximum Gasteiger partial charge on any atom is 0.241 e. The highest BCUT2D eigenvalue weighted by Gasteiger charge is 2.22. The second-order valence-corrected chi connectivity index (χ2v) is 7.06. The van der Waals surface area contributed by atoms with Gasteiger partial charge in [-0.05, 0) is 25.3 Å². The number of hydrogen-bond donors (Lipinski definition) is 0. The molecule has 2 aromatic heterocycles. The molecule has 0 N–H and O–H groups in total. The number of thiophene rings is 1. The molecule has 3 rings (SSSR count). The Kier molecular flexibility index (Phi) is 6.17. The number of aromatic nitrogens is 2. The van der Waals surface area contributed by atoms with E-state index < -0.39 is 0 Å². The largest absolute Gasteiger partial charge is 0.342 e. The Morgan fingerprint density at radius 3 is 2.60 bits per heavy atom. The van der Waals surface area contributed by atoms with Gasteiger partial charge < -0.3 is 9.42 Å². The van der Waals surface area contributed by atoms with E-state index in [1.165, 1.54) is 0 Å². The molecule has 1 amide bonds. The van der Waals surface area contributed by atoms with E-state index in [2.05, 4.69) is 19.9 Å². The molecule has 0 spiro atoms. The van der Waals surface area contributed by atoms with Gasteiger partial charge in [0.2, 0.25) is 17.6 Å². The smallest absolute Gasteiger partial charge is 0.241 e. The molecule has 1 aliphatic rings. The van der Waals surface area contributed by atoms with E-state index in [1.54, 1.807) is 11.3 Å². The molecule has 7 nitrogen and oxygen atoms in total. The summed E-state index contributed by atoms with van der Waals surface area (Å²) in [6.45, 7) is 10.4. The predicted molar refractivity (Wildman–Crippen MR) is 97.3 cm³/mol. The highest BCUT2D eigenvalue weighted by molar-refractivity contribution is 7.13. The minimum atomic E-state index is 0.218. The van der Waals surface area contributed by atoms with Gasteiger partial charge in [0.15, 0.2) is 0 Å². The number of carbonyl (C=O) groups excluding carboxylic acids is 1. The topological polar surface area (TPSA) is 65.7 Å². The summed E-state index contributed by atoms with van der Waals surface area (Å²) in [7, 11) is 0. The Morgan fingerprint density at radius 1 is 1.24 bits per heavy atom. The van der Waals surface area contributed by atoms with E-state index in [9.17, 15) is 4.79 Å². The summed E-state index contributed by atoms with van der Waals surface area (Å²) >= 11 is 1.61. The van der Waals surface area contributed by atoms with Gasteiger partial charge in [-0.2, -0.15) is 4.98 Å². The minimum Gasteiger partial charge on any atom is -0.342 e. The van der Waals surface area contributed by atoms with Crippen LogP contribution in [0.2, 0.25) is 0 Å². The molecule has 1 aliphatic heterocycles. The van der Waals surface area contributed by atoms with Crippen molar-refractivity contribution in [1.29, 1.82) is 0 Å². The Bertz CT molecular complexity index is 660. The third-order valence-corrected chi connectivity index (χ3v) is 5.37. The van der Waals surface area contributed by atoms with Crippen molar-refractivity contribution in [3.8, 4) is 10.7 Å². The van der Waals surface area contributed by atoms with Gasteiger partial charge in [-0.15, -0.1) is 11.3 Å². The first-order chi connectivity index (χ1) is 12.2. The van der Waals surface area contributed by atoms with Gasteiger partial charge in [0.05, 0.1) is 18.0 Å². The fourth-order valence-corrected chi connectivity index (χ4v) is 3.64. The summed E-state index contributed by atoms with van der Waals surface area (Å²) in [6.07, 6.45) is 0. The summed E-state index contributed by atoms with van der Waals surface area (Å²) in [6, 6.07) is 3.97. The second kappa shape index (κ2) is 8.55. The van der Waals surface area contributed by atoms with Gasteiger partial charge >= 0.3 is 0 Å². The van der Waals surface area contributed by atoms with Crippen molar-refractivity contribution in [3.05, 3.63) is 23.4 Å². The van der Waals surface area contributed by atoms with Gasteiger partial charge in [0, 0.05) is 39.3 Å². The van der Waals surface area contributed by atoms with E-state index in [4.69, 9.17) is 4.52 Å². The van der Waals surface area contributed by atoms with Gasteiger partial charge in [-0.1, -0.05) is 11.2 Å². The first kappa shape index (κ1) is 18.0. The lowest BCUT2D eigenvalue weighted by Gasteiger charge is -2.34. The molecular weight excluding hydrogens is 338 g/mol. The Hall–Kier alpha value is -1.77. The zero-order valence-electron chi connectivity index (χ0n) is 14.8. The quantitative estimate of drug-likeness (QED) is 0.747. The Morgan fingerprint density at radius 2 is 1.96 bits per heavy atom. The van der Waals surface area contributed by atoms with E-state index in [-0.39, 0.29) is 5.91 Å². The summed E-state index contributed by atoms with van der Waals surface area (Å²) in [5.41, 5.74) is 0. The van der Waals surface area contributed by atoms with Gasteiger partial charge in [0.25, 0.3) is 0 Å². The summed E-state index contributed by atoms with van der Waals surface area (Å²) in [4.78, 5) is 24.1. The van der Waals surface area contributed by atoms with Crippen LogP contribution in [-0.2, 0) is 11.3 Å². The standard InChI is InChI=1S/C17H25N5O2S/c1-3-22(4-2)16(23)13-21-9-7-20(8-10-21)12-15-18-17(19-24-15)14-6-5-11-25-14/h5-6,11H,3-4,7-10,12-13H2,1-2H3. The molecule has 136 valence electrons. The maximum absolute atomic E-state index is 12.2. The van der Waals surface area contributed by atoms with E-state index in [0.29, 0.717) is 24.8 Å². The van der Waals surface area contributed by atoms with Crippen molar-refractivity contribution >= 4 is 17.2 Å². The van der Waals surface area contributed by atoms with Crippen LogP contribution in [0.4, 0.5) is 0 Å². The molecule has 0 aliphatic carbocycles. The van der Waals surface area contributed by atoms with Crippen molar-refractivity contribution in [2.45, 2.75) is 20.4 Å². The summed E-state index contributed by atoms with van der Waals surface area (Å²) in [5, 5.41) is 6.06. The van der Waals surface area contributed by atoms with Crippen molar-refractivity contribution in [2.24, 2.45) is 0 Å². The average molecular weight is 363 g/mol. The lowest BCUT2D eigenvalue weighted by molar-refractivity contribution is -0.132. The second-order valence-electron chi connectivity index (χ2n) is 6.11. The maximum atomic E-state index is 12.2. The molecule has 0 radical (unpaired) electrons. The van der Waals surface area contributed by atoms with Gasteiger partial charge in [-0.3, -0.25) is 14.6 Å². The molecular formula is C17H25N5O2S. The van der Waals surface area contributed by atoms with E-state index in [1.807, 2.05) is 36.3 Å². The molecule has 0 bridgehead atoms. The number of likely N-dealkylation sites (N-methyl/N-ethyl adjacent to an activating group) is 1. The van der Waals surface area contributed by atoms with Crippen LogP contribution in [0.25, 0.3) is 10.7 Å². The molecule has 3 heterocycles. The Balaban J connectivity index is 1.46. The van der Waals surface area contributed by atoms with Crippen LogP contribution in [0.15, 0.2) is 22.0 Å². The van der Waals surface area contributed by atoms with Crippen LogP contribution in [0.1, 0.15) is 19.7 Å². The Labute approximate surface area is 152 Å². The number of piperazine rings is 1. The molecule has 0 aromatic carbocycles. The molecule has 25 heavy (non-hydrogen) atoms. The van der Waals surface area contributed by atoms with Gasteiger partial charge in [-0.25, -0.2) is 0 Å². The zero-order chi connectivity index (χ0) is 17.6. The predicted octanol–water partition coefficient (Wildman–Crippen LogP) is 1.78. The monoisotopic (exact) mass is 363 g/mol. The van der Waals surface area contributed by atoms with Gasteiger partial charge in [0.1, 0.15) is 0 Å². The van der Waals surface area contributed by atoms with Crippen LogP contribution in [0.5, 0.6) is 0 Å². The molecule has 0 atom stereocenters. The van der Waals surface area contributed by atoms with Crippen LogP contribution < -0.4 is 0 Å². The minimum absolute atomic E-state index is 0.218. The number of nitrogens with zero attached hydrogens (tertiary/aromatic N) is 5. The fraction of sp³-hybridized carbons (Fsp3) is 0.588. The highest BCUT2D eigenvalue weighted by atomic mass is 32.1. The van der Waals surface area contributed by atoms with E-state index in [0.717, 1.165) is 44.1 Å².